The second kappa shape index (κ2) is 13.1. The van der Waals surface area contributed by atoms with Crippen LogP contribution in [-0.4, -0.2) is 25.1 Å². The van der Waals surface area contributed by atoms with E-state index < -0.39 is 5.97 Å². The first-order valence-electron chi connectivity index (χ1n) is 13.5. The number of carbonyl (C=O) groups excluding carboxylic acids is 2. The van der Waals surface area contributed by atoms with Crippen molar-refractivity contribution in [3.63, 3.8) is 0 Å². The highest BCUT2D eigenvalue weighted by Gasteiger charge is 2.27. The Morgan fingerprint density at radius 1 is 0.921 bits per heavy atom. The van der Waals surface area contributed by atoms with Gasteiger partial charge in [0.25, 0.3) is 0 Å². The standard InChI is InChI=1S/C33H37NO4/c1-24(2)38-31-19-17-28(18-20-31)27-15-12-26(13-16-27)23-34(33(36)29-9-5-4-6-10-29)30-11-7-8-25(22-30)14-21-32(35)37-3/h7-8,11-22,24,29H,4-6,9-10,23H2,1-3H3/b21-14+. The van der Waals surface area contributed by atoms with Gasteiger partial charge in [0.1, 0.15) is 5.75 Å². The van der Waals surface area contributed by atoms with Crippen molar-refractivity contribution < 1.29 is 19.1 Å². The fourth-order valence-corrected chi connectivity index (χ4v) is 4.88. The summed E-state index contributed by atoms with van der Waals surface area (Å²) in [5.41, 5.74) is 4.97. The minimum atomic E-state index is -0.410. The second-order valence-electron chi connectivity index (χ2n) is 10.1. The number of anilines is 1. The van der Waals surface area contributed by atoms with Crippen LogP contribution in [0.2, 0.25) is 0 Å². The lowest BCUT2D eigenvalue weighted by atomic mass is 9.88. The smallest absolute Gasteiger partial charge is 0.330 e. The highest BCUT2D eigenvalue weighted by molar-refractivity contribution is 5.95. The van der Waals surface area contributed by atoms with Crippen molar-refractivity contribution in [1.29, 1.82) is 0 Å². The average molecular weight is 512 g/mol. The van der Waals surface area contributed by atoms with E-state index in [0.717, 1.165) is 59.4 Å². The number of benzene rings is 3. The zero-order valence-electron chi connectivity index (χ0n) is 22.6. The predicted molar refractivity (Wildman–Crippen MR) is 153 cm³/mol. The number of hydrogen-bond donors (Lipinski definition) is 0. The summed E-state index contributed by atoms with van der Waals surface area (Å²) < 4.78 is 10.5. The van der Waals surface area contributed by atoms with Crippen LogP contribution >= 0.6 is 0 Å². The molecule has 0 atom stereocenters. The van der Waals surface area contributed by atoms with Gasteiger partial charge in [0, 0.05) is 17.7 Å². The van der Waals surface area contributed by atoms with Crippen molar-refractivity contribution in [3.05, 3.63) is 90.0 Å². The summed E-state index contributed by atoms with van der Waals surface area (Å²) in [4.78, 5) is 27.2. The minimum Gasteiger partial charge on any atom is -0.491 e. The molecule has 4 rings (SSSR count). The van der Waals surface area contributed by atoms with Crippen LogP contribution < -0.4 is 9.64 Å². The number of methoxy groups -OCH3 is 1. The Hall–Kier alpha value is -3.86. The Balaban J connectivity index is 1.56. The lowest BCUT2D eigenvalue weighted by Gasteiger charge is -2.30. The monoisotopic (exact) mass is 511 g/mol. The SMILES string of the molecule is COC(=O)/C=C/c1cccc(N(Cc2ccc(-c3ccc(OC(C)C)cc3)cc2)C(=O)C2CCCCC2)c1. The molecule has 0 spiro atoms. The maximum atomic E-state index is 13.7. The van der Waals surface area contributed by atoms with E-state index in [0.29, 0.717) is 6.54 Å². The fourth-order valence-electron chi connectivity index (χ4n) is 4.88. The number of esters is 1. The minimum absolute atomic E-state index is 0.0452. The van der Waals surface area contributed by atoms with Gasteiger partial charge in [-0.25, -0.2) is 4.79 Å². The molecule has 0 aliphatic heterocycles. The van der Waals surface area contributed by atoms with Crippen LogP contribution in [0.3, 0.4) is 0 Å². The molecule has 0 aromatic heterocycles. The predicted octanol–water partition coefficient (Wildman–Crippen LogP) is 7.44. The highest BCUT2D eigenvalue weighted by Crippen LogP contribution is 2.30. The summed E-state index contributed by atoms with van der Waals surface area (Å²) in [7, 11) is 1.36. The van der Waals surface area contributed by atoms with Gasteiger partial charge in [0.05, 0.1) is 19.8 Å². The Labute approximate surface area is 226 Å². The van der Waals surface area contributed by atoms with E-state index in [-0.39, 0.29) is 17.9 Å². The van der Waals surface area contributed by atoms with Gasteiger partial charge in [0.15, 0.2) is 0 Å². The molecular formula is C33H37NO4. The van der Waals surface area contributed by atoms with E-state index >= 15 is 0 Å². The molecule has 3 aromatic carbocycles. The first-order chi connectivity index (χ1) is 18.4. The number of rotatable bonds is 9. The van der Waals surface area contributed by atoms with Crippen molar-refractivity contribution in [2.75, 3.05) is 12.0 Å². The molecule has 1 aliphatic rings. The van der Waals surface area contributed by atoms with E-state index in [2.05, 4.69) is 36.4 Å². The van der Waals surface area contributed by atoms with E-state index in [9.17, 15) is 9.59 Å². The molecule has 1 aliphatic carbocycles. The van der Waals surface area contributed by atoms with Crippen molar-refractivity contribution >= 4 is 23.6 Å². The maximum absolute atomic E-state index is 13.7. The molecule has 0 radical (unpaired) electrons. The number of amides is 1. The molecule has 0 N–H and O–H groups in total. The zero-order chi connectivity index (χ0) is 26.9. The van der Waals surface area contributed by atoms with Gasteiger partial charge >= 0.3 is 5.97 Å². The molecule has 198 valence electrons. The summed E-state index contributed by atoms with van der Waals surface area (Å²) in [6, 6.07) is 24.3. The number of carbonyl (C=O) groups is 2. The van der Waals surface area contributed by atoms with E-state index in [1.807, 2.05) is 55.1 Å². The summed E-state index contributed by atoms with van der Waals surface area (Å²) in [5, 5.41) is 0. The first-order valence-corrected chi connectivity index (χ1v) is 13.5. The van der Waals surface area contributed by atoms with Crippen molar-refractivity contribution in [2.45, 2.75) is 58.6 Å². The molecule has 0 unspecified atom stereocenters. The zero-order valence-corrected chi connectivity index (χ0v) is 22.6. The third kappa shape index (κ3) is 7.34. The highest BCUT2D eigenvalue weighted by atomic mass is 16.5. The molecule has 1 saturated carbocycles. The number of nitrogens with zero attached hydrogens (tertiary/aromatic N) is 1. The van der Waals surface area contributed by atoms with Crippen LogP contribution in [0.1, 0.15) is 57.1 Å². The fraction of sp³-hybridized carbons (Fsp3) is 0.333. The molecule has 0 heterocycles. The number of ether oxygens (including phenoxy) is 2. The summed E-state index contributed by atoms with van der Waals surface area (Å²) in [6.45, 7) is 4.52. The van der Waals surface area contributed by atoms with Crippen LogP contribution in [0, 0.1) is 5.92 Å². The quantitative estimate of drug-likeness (QED) is 0.221. The Bertz CT molecular complexity index is 1240. The van der Waals surface area contributed by atoms with Crippen LogP contribution in [0.4, 0.5) is 5.69 Å². The topological polar surface area (TPSA) is 55.8 Å². The molecule has 0 bridgehead atoms. The summed E-state index contributed by atoms with van der Waals surface area (Å²) in [5.74, 6) is 0.668. The molecule has 3 aromatic rings. The Morgan fingerprint density at radius 2 is 1.58 bits per heavy atom. The molecule has 5 nitrogen and oxygen atoms in total. The van der Waals surface area contributed by atoms with Gasteiger partial charge in [-0.15, -0.1) is 0 Å². The summed E-state index contributed by atoms with van der Waals surface area (Å²) in [6.07, 6.45) is 8.52. The lowest BCUT2D eigenvalue weighted by Crippen LogP contribution is -2.36. The third-order valence-electron chi connectivity index (χ3n) is 6.87. The van der Waals surface area contributed by atoms with Gasteiger partial charge in [-0.1, -0.05) is 67.8 Å². The maximum Gasteiger partial charge on any atom is 0.330 e. The van der Waals surface area contributed by atoms with Gasteiger partial charge in [0.2, 0.25) is 5.91 Å². The summed E-state index contributed by atoms with van der Waals surface area (Å²) >= 11 is 0. The molecule has 1 fully saturated rings. The van der Waals surface area contributed by atoms with Crippen molar-refractivity contribution in [3.8, 4) is 16.9 Å². The molecular weight excluding hydrogens is 474 g/mol. The lowest BCUT2D eigenvalue weighted by molar-refractivity contribution is -0.134. The van der Waals surface area contributed by atoms with E-state index in [1.165, 1.54) is 19.6 Å². The average Bonchev–Trinajstić information content (AvgIpc) is 2.95. The molecule has 5 heteroatoms. The Kier molecular flexibility index (Phi) is 9.36. The first kappa shape index (κ1) is 27.2. The molecule has 0 saturated heterocycles. The van der Waals surface area contributed by atoms with E-state index in [1.54, 1.807) is 6.08 Å². The Morgan fingerprint density at radius 3 is 2.21 bits per heavy atom. The van der Waals surface area contributed by atoms with Gasteiger partial charge in [-0.2, -0.15) is 0 Å². The van der Waals surface area contributed by atoms with Gasteiger partial charge in [-0.05, 0) is 79.3 Å². The van der Waals surface area contributed by atoms with Crippen LogP contribution in [0.15, 0.2) is 78.9 Å². The second-order valence-corrected chi connectivity index (χ2v) is 10.1. The van der Waals surface area contributed by atoms with Crippen LogP contribution in [-0.2, 0) is 20.9 Å². The van der Waals surface area contributed by atoms with Crippen LogP contribution in [0.5, 0.6) is 5.75 Å². The largest absolute Gasteiger partial charge is 0.491 e. The van der Waals surface area contributed by atoms with Crippen molar-refractivity contribution in [2.24, 2.45) is 5.92 Å². The third-order valence-corrected chi connectivity index (χ3v) is 6.87. The van der Waals surface area contributed by atoms with Crippen LogP contribution in [0.25, 0.3) is 17.2 Å². The van der Waals surface area contributed by atoms with Gasteiger partial charge < -0.3 is 14.4 Å². The van der Waals surface area contributed by atoms with E-state index in [4.69, 9.17) is 9.47 Å². The normalized spacial score (nSPS) is 14.0. The number of hydrogen-bond acceptors (Lipinski definition) is 4. The van der Waals surface area contributed by atoms with Gasteiger partial charge in [-0.3, -0.25) is 4.79 Å². The van der Waals surface area contributed by atoms with Crippen molar-refractivity contribution in [1.82, 2.24) is 0 Å². The molecule has 38 heavy (non-hydrogen) atoms. The molecule has 1 amide bonds.